The molecule has 1 aromatic heterocycles. The highest BCUT2D eigenvalue weighted by molar-refractivity contribution is 7.99. The van der Waals surface area contributed by atoms with Gasteiger partial charge in [-0.2, -0.15) is 0 Å². The molecule has 0 spiro atoms. The highest BCUT2D eigenvalue weighted by Gasteiger charge is 2.09. The largest absolute Gasteiger partial charge is 0.459 e. The van der Waals surface area contributed by atoms with Crippen LogP contribution in [0.5, 0.6) is 0 Å². The number of furan rings is 1. The number of benzene rings is 2. The van der Waals surface area contributed by atoms with Gasteiger partial charge < -0.3 is 15.1 Å². The van der Waals surface area contributed by atoms with Crippen LogP contribution >= 0.6 is 23.4 Å². The van der Waals surface area contributed by atoms with Crippen LogP contribution in [0.4, 0.5) is 11.4 Å². The normalized spacial score (nSPS) is 10.4. The van der Waals surface area contributed by atoms with E-state index in [4.69, 9.17) is 16.0 Å². The minimum Gasteiger partial charge on any atom is -0.459 e. The molecule has 1 heterocycles. The second-order valence-corrected chi connectivity index (χ2v) is 7.03. The zero-order valence-electron chi connectivity index (χ0n) is 14.3. The fourth-order valence-electron chi connectivity index (χ4n) is 2.30. The third-order valence-electron chi connectivity index (χ3n) is 3.62. The van der Waals surface area contributed by atoms with Gasteiger partial charge in [0.1, 0.15) is 0 Å². The summed E-state index contributed by atoms with van der Waals surface area (Å²) in [6.45, 7) is 0. The average Bonchev–Trinajstić information content (AvgIpc) is 3.20. The molecular weight excluding hydrogens is 384 g/mol. The quantitative estimate of drug-likeness (QED) is 0.581. The summed E-state index contributed by atoms with van der Waals surface area (Å²) in [7, 11) is 0. The van der Waals surface area contributed by atoms with E-state index < -0.39 is 0 Å². The summed E-state index contributed by atoms with van der Waals surface area (Å²) in [5, 5.41) is 6.25. The minimum absolute atomic E-state index is 0.0978. The van der Waals surface area contributed by atoms with Gasteiger partial charge in [0.25, 0.3) is 5.91 Å². The van der Waals surface area contributed by atoms with Crippen molar-refractivity contribution in [3.05, 3.63) is 83.3 Å². The first-order valence-electron chi connectivity index (χ1n) is 8.18. The lowest BCUT2D eigenvalue weighted by Gasteiger charge is -2.08. The van der Waals surface area contributed by atoms with E-state index in [0.717, 1.165) is 5.56 Å². The van der Waals surface area contributed by atoms with Gasteiger partial charge in [-0.3, -0.25) is 9.59 Å². The average molecular weight is 401 g/mol. The minimum atomic E-state index is -0.326. The standard InChI is InChI=1S/C20H17ClN2O3S/c21-17-5-2-1-4-14(17)12-27-13-19(24)22-15-7-9-16(10-8-15)23-20(25)18-6-3-11-26-18/h1-11H,12-13H2,(H,22,24)(H,23,25). The number of thioether (sulfide) groups is 1. The first-order chi connectivity index (χ1) is 13.1. The number of anilines is 2. The maximum atomic E-state index is 12.1. The summed E-state index contributed by atoms with van der Waals surface area (Å²) in [4.78, 5) is 24.0. The molecule has 0 radical (unpaired) electrons. The number of hydrogen-bond donors (Lipinski definition) is 2. The predicted molar refractivity (Wildman–Crippen MR) is 109 cm³/mol. The van der Waals surface area contributed by atoms with E-state index in [9.17, 15) is 9.59 Å². The first kappa shape index (κ1) is 19.1. The molecule has 2 N–H and O–H groups in total. The summed E-state index contributed by atoms with van der Waals surface area (Å²) in [6.07, 6.45) is 1.44. The van der Waals surface area contributed by atoms with Crippen molar-refractivity contribution in [2.45, 2.75) is 5.75 Å². The molecule has 7 heteroatoms. The van der Waals surface area contributed by atoms with Gasteiger partial charge in [-0.15, -0.1) is 11.8 Å². The number of hydrogen-bond acceptors (Lipinski definition) is 4. The Kier molecular flexibility index (Phi) is 6.57. The molecule has 5 nitrogen and oxygen atoms in total. The van der Waals surface area contributed by atoms with Crippen molar-refractivity contribution < 1.29 is 14.0 Å². The Balaban J connectivity index is 1.45. The van der Waals surface area contributed by atoms with Gasteiger partial charge >= 0.3 is 0 Å². The van der Waals surface area contributed by atoms with Gasteiger partial charge in [0.15, 0.2) is 5.76 Å². The summed E-state index contributed by atoms with van der Waals surface area (Å²) in [5.41, 5.74) is 2.28. The maximum Gasteiger partial charge on any atom is 0.291 e. The molecule has 3 aromatic rings. The Hall–Kier alpha value is -2.70. The molecule has 0 aliphatic heterocycles. The molecule has 0 saturated carbocycles. The molecule has 0 atom stereocenters. The second-order valence-electron chi connectivity index (χ2n) is 5.64. The van der Waals surface area contributed by atoms with E-state index in [2.05, 4.69) is 10.6 Å². The van der Waals surface area contributed by atoms with Crippen LogP contribution in [0.15, 0.2) is 71.3 Å². The van der Waals surface area contributed by atoms with Crippen molar-refractivity contribution >= 4 is 46.6 Å². The van der Waals surface area contributed by atoms with Crippen LogP contribution in [-0.2, 0) is 10.5 Å². The van der Waals surface area contributed by atoms with Gasteiger partial charge in [-0.25, -0.2) is 0 Å². The summed E-state index contributed by atoms with van der Waals surface area (Å²) in [5.74, 6) is 0.808. The maximum absolute atomic E-state index is 12.1. The number of halogens is 1. The number of rotatable bonds is 7. The fraction of sp³-hybridized carbons (Fsp3) is 0.100. The number of carbonyl (C=O) groups excluding carboxylic acids is 2. The zero-order valence-corrected chi connectivity index (χ0v) is 15.8. The molecule has 0 aliphatic carbocycles. The lowest BCUT2D eigenvalue weighted by molar-refractivity contribution is -0.113. The van der Waals surface area contributed by atoms with Crippen molar-refractivity contribution in [1.29, 1.82) is 0 Å². The summed E-state index contributed by atoms with van der Waals surface area (Å²) >= 11 is 7.60. The summed E-state index contributed by atoms with van der Waals surface area (Å²) in [6, 6.07) is 17.7. The van der Waals surface area contributed by atoms with Crippen LogP contribution in [-0.4, -0.2) is 17.6 Å². The van der Waals surface area contributed by atoms with Crippen LogP contribution in [0.25, 0.3) is 0 Å². The molecule has 138 valence electrons. The number of carbonyl (C=O) groups is 2. The topological polar surface area (TPSA) is 71.3 Å². The van der Waals surface area contributed by atoms with E-state index in [1.807, 2.05) is 24.3 Å². The molecule has 3 rings (SSSR count). The molecule has 27 heavy (non-hydrogen) atoms. The highest BCUT2D eigenvalue weighted by Crippen LogP contribution is 2.21. The fourth-order valence-corrected chi connectivity index (χ4v) is 3.42. The SMILES string of the molecule is O=C(CSCc1ccccc1Cl)Nc1ccc(NC(=O)c2ccco2)cc1. The Bertz CT molecular complexity index is 911. The van der Waals surface area contributed by atoms with E-state index >= 15 is 0 Å². The van der Waals surface area contributed by atoms with Gasteiger partial charge in [0, 0.05) is 22.2 Å². The molecule has 2 amide bonds. The monoisotopic (exact) mass is 400 g/mol. The highest BCUT2D eigenvalue weighted by atomic mass is 35.5. The van der Waals surface area contributed by atoms with Gasteiger partial charge in [-0.05, 0) is 48.0 Å². The molecule has 0 unspecified atom stereocenters. The first-order valence-corrected chi connectivity index (χ1v) is 9.71. The molecule has 0 saturated heterocycles. The predicted octanol–water partition coefficient (Wildman–Crippen LogP) is 5.06. The van der Waals surface area contributed by atoms with E-state index in [1.165, 1.54) is 18.0 Å². The van der Waals surface area contributed by atoms with E-state index in [1.54, 1.807) is 36.4 Å². The van der Waals surface area contributed by atoms with Crippen molar-refractivity contribution in [2.24, 2.45) is 0 Å². The van der Waals surface area contributed by atoms with Crippen molar-refractivity contribution in [1.82, 2.24) is 0 Å². The van der Waals surface area contributed by atoms with Crippen LogP contribution in [0.1, 0.15) is 16.1 Å². The Labute approximate surface area is 166 Å². The van der Waals surface area contributed by atoms with Crippen LogP contribution in [0.3, 0.4) is 0 Å². The Morgan fingerprint density at radius 1 is 0.926 bits per heavy atom. The molecule has 0 aliphatic rings. The summed E-state index contributed by atoms with van der Waals surface area (Å²) < 4.78 is 5.04. The lowest BCUT2D eigenvalue weighted by Crippen LogP contribution is -2.14. The van der Waals surface area contributed by atoms with Crippen molar-refractivity contribution in [3.63, 3.8) is 0 Å². The second kappa shape index (κ2) is 9.30. The molecule has 0 fully saturated rings. The van der Waals surface area contributed by atoms with Gasteiger partial charge in [-0.1, -0.05) is 29.8 Å². The van der Waals surface area contributed by atoms with Crippen LogP contribution in [0, 0.1) is 0 Å². The van der Waals surface area contributed by atoms with E-state index in [0.29, 0.717) is 27.9 Å². The number of amides is 2. The smallest absolute Gasteiger partial charge is 0.291 e. The molecule has 2 aromatic carbocycles. The molecular formula is C20H17ClN2O3S. The van der Waals surface area contributed by atoms with Crippen LogP contribution < -0.4 is 10.6 Å². The Morgan fingerprint density at radius 3 is 2.30 bits per heavy atom. The zero-order chi connectivity index (χ0) is 19.1. The van der Waals surface area contributed by atoms with E-state index in [-0.39, 0.29) is 17.6 Å². The van der Waals surface area contributed by atoms with Crippen molar-refractivity contribution in [3.8, 4) is 0 Å². The van der Waals surface area contributed by atoms with Gasteiger partial charge in [0.05, 0.1) is 12.0 Å². The van der Waals surface area contributed by atoms with Crippen LogP contribution in [0.2, 0.25) is 5.02 Å². The van der Waals surface area contributed by atoms with Gasteiger partial charge in [0.2, 0.25) is 5.91 Å². The van der Waals surface area contributed by atoms with Crippen molar-refractivity contribution in [2.75, 3.05) is 16.4 Å². The lowest BCUT2D eigenvalue weighted by atomic mass is 10.2. The molecule has 0 bridgehead atoms. The Morgan fingerprint density at radius 2 is 1.63 bits per heavy atom. The number of nitrogens with one attached hydrogen (secondary N) is 2. The third-order valence-corrected chi connectivity index (χ3v) is 4.97. The third kappa shape index (κ3) is 5.64.